The van der Waals surface area contributed by atoms with Crippen molar-refractivity contribution in [1.82, 2.24) is 30.2 Å². The van der Waals surface area contributed by atoms with E-state index in [1.807, 2.05) is 80.7 Å². The molecule has 3 aromatic heterocycles. The van der Waals surface area contributed by atoms with Gasteiger partial charge in [0.15, 0.2) is 17.4 Å². The van der Waals surface area contributed by atoms with E-state index >= 15 is 0 Å². The van der Waals surface area contributed by atoms with Crippen molar-refractivity contribution in [1.29, 1.82) is 0 Å². The Hall–Kier alpha value is -5.97. The van der Waals surface area contributed by atoms with Crippen LogP contribution in [0.1, 0.15) is 18.6 Å². The van der Waals surface area contributed by atoms with Crippen molar-refractivity contribution in [3.8, 4) is 56.8 Å². The molecule has 0 aliphatic carbocycles. The van der Waals surface area contributed by atoms with Crippen LogP contribution in [0.2, 0.25) is 0 Å². The van der Waals surface area contributed by atoms with Gasteiger partial charge in [0, 0.05) is 36.0 Å². The topological polar surface area (TPSA) is 160 Å². The van der Waals surface area contributed by atoms with Gasteiger partial charge < -0.3 is 26.0 Å². The number of hydrogen-bond acceptors (Lipinski definition) is 10. The molecule has 0 saturated heterocycles. The van der Waals surface area contributed by atoms with Crippen molar-refractivity contribution >= 4 is 11.6 Å². The molecule has 0 aliphatic heterocycles. The molecule has 214 valence electrons. The fourth-order valence-corrected chi connectivity index (χ4v) is 4.65. The zero-order valence-corrected chi connectivity index (χ0v) is 23.4. The van der Waals surface area contributed by atoms with E-state index in [1.54, 1.807) is 29.1 Å². The highest BCUT2D eigenvalue weighted by molar-refractivity contribution is 5.78. The lowest BCUT2D eigenvalue weighted by Gasteiger charge is -2.17. The molecule has 0 saturated carbocycles. The molecule has 3 aromatic carbocycles. The minimum Gasteiger partial charge on any atom is -0.507 e. The molecule has 11 heteroatoms. The van der Waals surface area contributed by atoms with Crippen molar-refractivity contribution in [2.45, 2.75) is 13.0 Å². The second kappa shape index (κ2) is 11.5. The normalized spacial score (nSPS) is 11.7. The third kappa shape index (κ3) is 5.64. The molecular weight excluding hydrogens is 544 g/mol. The first-order valence-corrected chi connectivity index (χ1v) is 13.4. The van der Waals surface area contributed by atoms with Crippen LogP contribution in [-0.2, 0) is 7.05 Å². The first-order valence-electron chi connectivity index (χ1n) is 13.4. The molecule has 11 nitrogen and oxygen atoms in total. The summed E-state index contributed by atoms with van der Waals surface area (Å²) in [6.45, 7) is 1.92. The van der Waals surface area contributed by atoms with Crippen molar-refractivity contribution in [2.24, 2.45) is 7.05 Å². The lowest BCUT2D eigenvalue weighted by Crippen LogP contribution is -2.07. The number of nitrogen functional groups attached to an aromatic ring is 2. The Kier molecular flexibility index (Phi) is 7.27. The average Bonchev–Trinajstić information content (AvgIpc) is 3.45. The molecule has 0 fully saturated rings. The monoisotopic (exact) mass is 572 g/mol. The van der Waals surface area contributed by atoms with Gasteiger partial charge in [-0.1, -0.05) is 42.5 Å². The largest absolute Gasteiger partial charge is 0.507 e. The van der Waals surface area contributed by atoms with Gasteiger partial charge in [0.25, 0.3) is 0 Å². The zero-order valence-electron chi connectivity index (χ0n) is 23.4. The number of aromatic hydroxyl groups is 1. The number of ether oxygens (including phenoxy) is 2. The van der Waals surface area contributed by atoms with Gasteiger partial charge in [-0.25, -0.2) is 0 Å². The van der Waals surface area contributed by atoms with Gasteiger partial charge in [-0.15, -0.1) is 20.4 Å². The summed E-state index contributed by atoms with van der Waals surface area (Å²) in [5.41, 5.74) is 16.8. The average molecular weight is 573 g/mol. The summed E-state index contributed by atoms with van der Waals surface area (Å²) in [6.07, 6.45) is 1.41. The number of hydrogen-bond donors (Lipinski definition) is 3. The Bertz CT molecular complexity index is 1910. The van der Waals surface area contributed by atoms with Crippen molar-refractivity contribution in [3.05, 3.63) is 103 Å². The number of rotatable bonds is 8. The Morgan fingerprint density at radius 3 is 2.21 bits per heavy atom. The predicted octanol–water partition coefficient (Wildman–Crippen LogP) is 5.80. The summed E-state index contributed by atoms with van der Waals surface area (Å²) in [5.74, 6) is 1.76. The maximum Gasteiger partial charge on any atom is 0.188 e. The second-order valence-electron chi connectivity index (χ2n) is 9.80. The molecule has 0 amide bonds. The fourth-order valence-electron chi connectivity index (χ4n) is 4.65. The second-order valence-corrected chi connectivity index (χ2v) is 9.80. The van der Waals surface area contributed by atoms with Gasteiger partial charge in [-0.3, -0.25) is 4.68 Å². The van der Waals surface area contributed by atoms with Gasteiger partial charge >= 0.3 is 0 Å². The number of phenolic OH excluding ortho intramolecular Hbond substituents is 1. The summed E-state index contributed by atoms with van der Waals surface area (Å²) in [4.78, 5) is 0. The number of nitrogens with zero attached hydrogens (tertiary/aromatic N) is 6. The van der Waals surface area contributed by atoms with Gasteiger partial charge in [-0.05, 0) is 55.0 Å². The highest BCUT2D eigenvalue weighted by Crippen LogP contribution is 2.39. The van der Waals surface area contributed by atoms with Gasteiger partial charge in [0.05, 0.1) is 11.4 Å². The number of para-hydroxylation sites is 1. The van der Waals surface area contributed by atoms with Crippen LogP contribution in [0.25, 0.3) is 33.8 Å². The Balaban J connectivity index is 1.31. The van der Waals surface area contributed by atoms with Crippen LogP contribution in [0.3, 0.4) is 0 Å². The highest BCUT2D eigenvalue weighted by Gasteiger charge is 2.18. The lowest BCUT2D eigenvalue weighted by atomic mass is 10.1. The minimum absolute atomic E-state index is 0.00742. The van der Waals surface area contributed by atoms with E-state index in [0.717, 1.165) is 11.3 Å². The minimum atomic E-state index is -0.282. The lowest BCUT2D eigenvalue weighted by molar-refractivity contribution is 0.227. The number of nitrogens with two attached hydrogens (primary N) is 2. The summed E-state index contributed by atoms with van der Waals surface area (Å²) >= 11 is 0. The van der Waals surface area contributed by atoms with Gasteiger partial charge in [0.1, 0.15) is 29.0 Å². The number of aromatic nitrogens is 6. The van der Waals surface area contributed by atoms with Crippen molar-refractivity contribution in [3.63, 3.8) is 0 Å². The van der Waals surface area contributed by atoms with E-state index < -0.39 is 0 Å². The molecule has 0 spiro atoms. The smallest absolute Gasteiger partial charge is 0.188 e. The van der Waals surface area contributed by atoms with E-state index in [2.05, 4.69) is 25.5 Å². The molecule has 5 N–H and O–H groups in total. The molecule has 6 rings (SSSR count). The molecule has 1 atom stereocenters. The van der Waals surface area contributed by atoms with Crippen LogP contribution in [0.4, 0.5) is 11.6 Å². The van der Waals surface area contributed by atoms with Crippen LogP contribution >= 0.6 is 0 Å². The Morgan fingerprint density at radius 2 is 1.44 bits per heavy atom. The summed E-state index contributed by atoms with van der Waals surface area (Å²) in [6, 6.07) is 27.4. The molecule has 6 aromatic rings. The van der Waals surface area contributed by atoms with Crippen LogP contribution in [0.5, 0.6) is 23.0 Å². The molecule has 0 unspecified atom stereocenters. The van der Waals surface area contributed by atoms with E-state index in [1.165, 1.54) is 6.07 Å². The molecular formula is C32H28N8O3. The summed E-state index contributed by atoms with van der Waals surface area (Å²) < 4.78 is 14.1. The summed E-state index contributed by atoms with van der Waals surface area (Å²) in [7, 11) is 1.83. The first kappa shape index (κ1) is 27.2. The Morgan fingerprint density at radius 1 is 0.721 bits per heavy atom. The maximum absolute atomic E-state index is 10.7. The van der Waals surface area contributed by atoms with E-state index in [9.17, 15) is 5.11 Å². The standard InChI is InChI=1S/C32H28N8O3/c1-19(20-8-4-3-5-9-20)42-30-18-26(37-39-32(30)34)23-16-21(12-13-28(23)41)43-29-11-7-6-10-22(29)25-17-24(31(33)38-36-25)27-14-15-35-40(27)2/h3-19,41H,1-2H3,(H2,33,38)(H2,34,39)/t19-/m1/s1. The number of benzene rings is 3. The first-order chi connectivity index (χ1) is 20.9. The van der Waals surface area contributed by atoms with Crippen LogP contribution < -0.4 is 20.9 Å². The summed E-state index contributed by atoms with van der Waals surface area (Å²) in [5, 5.41) is 31.8. The molecule has 0 aliphatic rings. The SMILES string of the molecule is C[C@@H](Oc1cc(-c2cc(Oc3ccccc3-c3cc(-c4ccnn4C)c(N)nn3)ccc2O)nnc1N)c1ccccc1. The zero-order chi connectivity index (χ0) is 29.9. The molecule has 0 radical (unpaired) electrons. The third-order valence-corrected chi connectivity index (χ3v) is 6.91. The molecule has 43 heavy (non-hydrogen) atoms. The van der Waals surface area contributed by atoms with Gasteiger partial charge in [0.2, 0.25) is 0 Å². The van der Waals surface area contributed by atoms with E-state index in [-0.39, 0.29) is 17.7 Å². The predicted molar refractivity (Wildman–Crippen MR) is 163 cm³/mol. The molecule has 0 bridgehead atoms. The van der Waals surface area contributed by atoms with Gasteiger partial charge in [-0.2, -0.15) is 5.10 Å². The maximum atomic E-state index is 10.7. The quantitative estimate of drug-likeness (QED) is 0.203. The van der Waals surface area contributed by atoms with E-state index in [0.29, 0.717) is 51.1 Å². The van der Waals surface area contributed by atoms with Crippen LogP contribution in [0.15, 0.2) is 97.2 Å². The van der Waals surface area contributed by atoms with Crippen LogP contribution in [0, 0.1) is 0 Å². The van der Waals surface area contributed by atoms with Crippen molar-refractivity contribution in [2.75, 3.05) is 11.5 Å². The third-order valence-electron chi connectivity index (χ3n) is 6.91. The van der Waals surface area contributed by atoms with Crippen LogP contribution in [-0.4, -0.2) is 35.3 Å². The number of phenols is 1. The number of anilines is 2. The van der Waals surface area contributed by atoms with Crippen molar-refractivity contribution < 1.29 is 14.6 Å². The fraction of sp³-hybridized carbons (Fsp3) is 0.0938. The van der Waals surface area contributed by atoms with E-state index in [4.69, 9.17) is 20.9 Å². The Labute approximate surface area is 247 Å². The molecule has 3 heterocycles. The highest BCUT2D eigenvalue weighted by atomic mass is 16.5. The number of aryl methyl sites for hydroxylation is 1.